The molecule has 0 saturated carbocycles. The van der Waals surface area contributed by atoms with Crippen LogP contribution < -0.4 is 9.64 Å². The second-order valence-corrected chi connectivity index (χ2v) is 9.91. The number of anilines is 1. The van der Waals surface area contributed by atoms with Crippen molar-refractivity contribution in [2.75, 3.05) is 31.1 Å². The molecule has 1 atom stereocenters. The number of carbonyl (C=O) groups excluding carboxylic acids is 1. The topological polar surface area (TPSA) is 89.3 Å². The van der Waals surface area contributed by atoms with Crippen molar-refractivity contribution in [2.45, 2.75) is 57.9 Å². The number of halogens is 3. The average Bonchev–Trinajstić information content (AvgIpc) is 3.54. The van der Waals surface area contributed by atoms with Crippen LogP contribution in [0, 0.1) is 0 Å². The Labute approximate surface area is 203 Å². The van der Waals surface area contributed by atoms with Gasteiger partial charge < -0.3 is 19.0 Å². The van der Waals surface area contributed by atoms with Gasteiger partial charge in [0.25, 0.3) is 0 Å². The molecule has 0 amide bonds. The molecule has 2 aliphatic rings. The maximum Gasteiger partial charge on any atom is 0.451 e. The SMILES string of the molecule is CCCc1cc2c(N3CCn4c(nnc4C(F)(F)F)C3)nc(OC[C@H]3CCCN3CC=O)nc2s1. The number of hydrogen-bond donors (Lipinski definition) is 0. The lowest BCUT2D eigenvalue weighted by Crippen LogP contribution is -2.36. The van der Waals surface area contributed by atoms with Crippen molar-refractivity contribution >= 4 is 33.7 Å². The number of ether oxygens (including phenoxy) is 1. The molecule has 0 bridgehead atoms. The number of aldehydes is 1. The Morgan fingerprint density at radius 3 is 2.86 bits per heavy atom. The smallest absolute Gasteiger partial charge is 0.451 e. The first-order valence-corrected chi connectivity index (χ1v) is 12.5. The van der Waals surface area contributed by atoms with Crippen LogP contribution in [0.4, 0.5) is 19.0 Å². The van der Waals surface area contributed by atoms with E-state index in [0.29, 0.717) is 25.5 Å². The fourth-order valence-corrected chi connectivity index (χ4v) is 5.87. The van der Waals surface area contributed by atoms with Crippen molar-refractivity contribution in [3.05, 3.63) is 22.6 Å². The van der Waals surface area contributed by atoms with E-state index in [1.54, 1.807) is 11.3 Å². The van der Waals surface area contributed by atoms with Gasteiger partial charge in [0.15, 0.2) is 5.82 Å². The Kier molecular flexibility index (Phi) is 6.62. The Morgan fingerprint density at radius 1 is 1.23 bits per heavy atom. The number of likely N-dealkylation sites (tertiary alicyclic amines) is 1. The minimum absolute atomic E-state index is 0.105. The zero-order chi connectivity index (χ0) is 24.6. The molecule has 0 aliphatic carbocycles. The van der Waals surface area contributed by atoms with Crippen LogP contribution in [0.15, 0.2) is 6.07 Å². The molecule has 5 rings (SSSR count). The van der Waals surface area contributed by atoms with Gasteiger partial charge in [-0.3, -0.25) is 4.90 Å². The van der Waals surface area contributed by atoms with E-state index in [-0.39, 0.29) is 31.0 Å². The zero-order valence-electron chi connectivity index (χ0n) is 19.3. The molecule has 0 spiro atoms. The highest BCUT2D eigenvalue weighted by molar-refractivity contribution is 7.18. The molecule has 5 heterocycles. The Bertz CT molecular complexity index is 1210. The summed E-state index contributed by atoms with van der Waals surface area (Å²) < 4.78 is 46.9. The van der Waals surface area contributed by atoms with Crippen molar-refractivity contribution in [3.8, 4) is 6.01 Å². The number of aryl methyl sites for hydroxylation is 1. The number of hydrogen-bond acceptors (Lipinski definition) is 9. The van der Waals surface area contributed by atoms with Gasteiger partial charge in [-0.1, -0.05) is 13.3 Å². The molecular weight excluding hydrogens is 483 g/mol. The minimum Gasteiger partial charge on any atom is -0.462 e. The van der Waals surface area contributed by atoms with Crippen LogP contribution >= 0.6 is 11.3 Å². The Hall–Kier alpha value is -2.80. The third-order valence-electron chi connectivity index (χ3n) is 6.42. The molecule has 3 aromatic heterocycles. The number of alkyl halides is 3. The van der Waals surface area contributed by atoms with Crippen LogP contribution in [-0.4, -0.2) is 68.2 Å². The van der Waals surface area contributed by atoms with E-state index in [1.807, 2.05) is 4.90 Å². The summed E-state index contributed by atoms with van der Waals surface area (Å²) in [6.07, 6.45) is 0.192. The van der Waals surface area contributed by atoms with Crippen LogP contribution in [0.2, 0.25) is 0 Å². The number of carbonyl (C=O) groups is 1. The first kappa shape index (κ1) is 23.9. The van der Waals surface area contributed by atoms with E-state index in [2.05, 4.69) is 33.1 Å². The van der Waals surface area contributed by atoms with Crippen LogP contribution in [0.5, 0.6) is 6.01 Å². The molecule has 0 radical (unpaired) electrons. The third-order valence-corrected chi connectivity index (χ3v) is 7.51. The lowest BCUT2D eigenvalue weighted by Gasteiger charge is -2.29. The Balaban J connectivity index is 1.43. The van der Waals surface area contributed by atoms with Gasteiger partial charge in [0.1, 0.15) is 23.5 Å². The highest BCUT2D eigenvalue weighted by atomic mass is 32.1. The molecule has 0 N–H and O–H groups in total. The van der Waals surface area contributed by atoms with E-state index >= 15 is 0 Å². The number of nitrogens with zero attached hydrogens (tertiary/aromatic N) is 7. The summed E-state index contributed by atoms with van der Waals surface area (Å²) in [5.41, 5.74) is 0. The lowest BCUT2D eigenvalue weighted by molar-refractivity contribution is -0.147. The van der Waals surface area contributed by atoms with Gasteiger partial charge in [-0.15, -0.1) is 21.5 Å². The van der Waals surface area contributed by atoms with Crippen LogP contribution in [0.25, 0.3) is 10.2 Å². The molecule has 1 saturated heterocycles. The number of aromatic nitrogens is 5. The molecule has 3 aromatic rings. The molecule has 9 nitrogen and oxygen atoms in total. The van der Waals surface area contributed by atoms with E-state index in [0.717, 1.165) is 53.3 Å². The molecule has 13 heteroatoms. The molecule has 0 aromatic carbocycles. The molecule has 35 heavy (non-hydrogen) atoms. The van der Waals surface area contributed by atoms with Gasteiger partial charge in [-0.05, 0) is 31.9 Å². The van der Waals surface area contributed by atoms with Crippen molar-refractivity contribution in [1.82, 2.24) is 29.6 Å². The fourth-order valence-electron chi connectivity index (χ4n) is 4.75. The van der Waals surface area contributed by atoms with E-state index in [9.17, 15) is 18.0 Å². The van der Waals surface area contributed by atoms with Crippen LogP contribution in [0.3, 0.4) is 0 Å². The largest absolute Gasteiger partial charge is 0.462 e. The highest BCUT2D eigenvalue weighted by Crippen LogP contribution is 2.36. The van der Waals surface area contributed by atoms with Crippen LogP contribution in [0.1, 0.15) is 42.7 Å². The second kappa shape index (κ2) is 9.69. The van der Waals surface area contributed by atoms with Crippen molar-refractivity contribution in [2.24, 2.45) is 0 Å². The maximum atomic E-state index is 13.3. The summed E-state index contributed by atoms with van der Waals surface area (Å²) in [5, 5.41) is 8.03. The van der Waals surface area contributed by atoms with Crippen molar-refractivity contribution < 1.29 is 22.7 Å². The van der Waals surface area contributed by atoms with Gasteiger partial charge in [0.05, 0.1) is 18.5 Å². The summed E-state index contributed by atoms with van der Waals surface area (Å²) >= 11 is 1.58. The Morgan fingerprint density at radius 2 is 2.09 bits per heavy atom. The van der Waals surface area contributed by atoms with Crippen LogP contribution in [-0.2, 0) is 30.5 Å². The van der Waals surface area contributed by atoms with Crippen molar-refractivity contribution in [1.29, 1.82) is 0 Å². The van der Waals surface area contributed by atoms with Gasteiger partial charge in [0, 0.05) is 24.0 Å². The predicted octanol–water partition coefficient (Wildman–Crippen LogP) is 3.32. The highest BCUT2D eigenvalue weighted by Gasteiger charge is 2.40. The molecule has 0 unspecified atom stereocenters. The van der Waals surface area contributed by atoms with E-state index in [4.69, 9.17) is 9.72 Å². The first-order valence-electron chi connectivity index (χ1n) is 11.7. The first-order chi connectivity index (χ1) is 16.9. The summed E-state index contributed by atoms with van der Waals surface area (Å²) in [5.74, 6) is -0.0962. The zero-order valence-corrected chi connectivity index (χ0v) is 20.1. The second-order valence-electron chi connectivity index (χ2n) is 8.79. The molecule has 188 valence electrons. The predicted molar refractivity (Wildman–Crippen MR) is 124 cm³/mol. The lowest BCUT2D eigenvalue weighted by atomic mass is 10.2. The van der Waals surface area contributed by atoms with E-state index < -0.39 is 12.0 Å². The summed E-state index contributed by atoms with van der Waals surface area (Å²) in [6, 6.07) is 2.42. The van der Waals surface area contributed by atoms with E-state index in [1.165, 1.54) is 4.88 Å². The third kappa shape index (κ3) is 4.83. The van der Waals surface area contributed by atoms with Gasteiger partial charge in [-0.25, -0.2) is 0 Å². The standard InChI is InChI=1S/C22H26F3N7O2S/c1-2-4-15-11-16-18(31-7-8-32-17(12-31)28-29-20(32)22(23,24)25)26-21(27-19(16)35-15)34-13-14-5-3-6-30(14)9-10-33/h10-11,14H,2-9,12-13H2,1H3/t14-/m1/s1. The monoisotopic (exact) mass is 509 g/mol. The molecule has 1 fully saturated rings. The van der Waals surface area contributed by atoms with Gasteiger partial charge >= 0.3 is 12.2 Å². The minimum atomic E-state index is -4.54. The fraction of sp³-hybridized carbons (Fsp3) is 0.591. The quantitative estimate of drug-likeness (QED) is 0.428. The summed E-state index contributed by atoms with van der Waals surface area (Å²) in [7, 11) is 0. The van der Waals surface area contributed by atoms with Crippen molar-refractivity contribution in [3.63, 3.8) is 0 Å². The number of fused-ring (bicyclic) bond motifs is 2. The summed E-state index contributed by atoms with van der Waals surface area (Å²) in [4.78, 5) is 26.2. The molecule has 2 aliphatic heterocycles. The maximum absolute atomic E-state index is 13.3. The van der Waals surface area contributed by atoms with Gasteiger partial charge in [-0.2, -0.15) is 23.1 Å². The number of thiophene rings is 1. The normalized spacial score (nSPS) is 18.9. The van der Waals surface area contributed by atoms with Gasteiger partial charge in [0.2, 0.25) is 5.82 Å². The summed E-state index contributed by atoms with van der Waals surface area (Å²) in [6.45, 7) is 4.30. The molecular formula is C22H26F3N7O2S. The number of rotatable bonds is 8. The average molecular weight is 510 g/mol.